The molecule has 0 N–H and O–H groups in total. The fourth-order valence-electron chi connectivity index (χ4n) is 23.4. The number of thiophene rings is 1. The van der Waals surface area contributed by atoms with Crippen LogP contribution in [0.3, 0.4) is 0 Å². The van der Waals surface area contributed by atoms with Gasteiger partial charge in [0.15, 0.2) is 0 Å². The zero-order valence-electron chi connectivity index (χ0n) is 77.1. The molecule has 0 atom stereocenters. The highest BCUT2D eigenvalue weighted by Gasteiger charge is 2.50. The Kier molecular flexibility index (Phi) is 20.8. The zero-order valence-corrected chi connectivity index (χ0v) is 77.9. The normalized spacial score (nSPS) is 13.0. The summed E-state index contributed by atoms with van der Waals surface area (Å²) in [4.78, 5) is 7.09. The standard InChI is InChI=1S/C49H33NO.C43H29NO.C43H29NS/c1-4-16-34(17-5-1)35-18-14-23-39(32-35)50(38-21-8-3-9-22-38)45-28-15-29-47-48(45)42-33-37(30-31-46(42)51-47)49(36-19-6-2-7-20-36)43-26-12-10-24-40(43)41-25-11-13-27-44(41)49;2*1-4-15-30(16-5-1)43(37-23-12-10-21-34(37)35-22-11-13-24-38(35)43)31-27-28-40-36(29-31)42-39(25-14-26-41(42)45-40)44(32-17-6-2-7-18-32)33-19-8-3-9-20-33/h1-33H;2*1-29H. The summed E-state index contributed by atoms with van der Waals surface area (Å²) in [7, 11) is 0. The maximum atomic E-state index is 6.68. The lowest BCUT2D eigenvalue weighted by atomic mass is 9.67. The molecule has 22 aromatic carbocycles. The van der Waals surface area contributed by atoms with E-state index >= 15 is 0 Å². The number of hydrogen-bond donors (Lipinski definition) is 0. The van der Waals surface area contributed by atoms with Crippen LogP contribution in [0.4, 0.5) is 51.2 Å². The van der Waals surface area contributed by atoms with E-state index in [1.54, 1.807) is 0 Å². The van der Waals surface area contributed by atoms with E-state index in [1.807, 2.05) is 11.3 Å². The molecule has 664 valence electrons. The van der Waals surface area contributed by atoms with Gasteiger partial charge in [-0.15, -0.1) is 11.3 Å². The molecule has 0 fully saturated rings. The molecule has 5 nitrogen and oxygen atoms in total. The van der Waals surface area contributed by atoms with Gasteiger partial charge in [-0.3, -0.25) is 0 Å². The fourth-order valence-corrected chi connectivity index (χ4v) is 24.5. The maximum Gasteiger partial charge on any atom is 0.137 e. The van der Waals surface area contributed by atoms with Crippen LogP contribution in [0.15, 0.2) is 561 Å². The number of anilines is 9. The number of hydrogen-bond acceptors (Lipinski definition) is 6. The van der Waals surface area contributed by atoms with Crippen LogP contribution in [-0.2, 0) is 16.2 Å². The molecule has 6 heteroatoms. The van der Waals surface area contributed by atoms with E-state index < -0.39 is 16.2 Å². The summed E-state index contributed by atoms with van der Waals surface area (Å²) in [5, 5.41) is 6.96. The molecule has 25 aromatic rings. The van der Waals surface area contributed by atoms with Gasteiger partial charge in [-0.2, -0.15) is 0 Å². The highest BCUT2D eigenvalue weighted by molar-refractivity contribution is 7.26. The van der Waals surface area contributed by atoms with Gasteiger partial charge in [-0.25, -0.2) is 0 Å². The lowest BCUT2D eigenvalue weighted by Crippen LogP contribution is -2.28. The molecular weight excluding hydrogens is 1730 g/mol. The van der Waals surface area contributed by atoms with E-state index in [4.69, 9.17) is 8.83 Å². The van der Waals surface area contributed by atoms with E-state index in [2.05, 4.69) is 567 Å². The van der Waals surface area contributed by atoms with Crippen LogP contribution in [0, 0.1) is 0 Å². The Balaban J connectivity index is 0.000000109. The average molecular weight is 1820 g/mol. The summed E-state index contributed by atoms with van der Waals surface area (Å²) in [5.41, 5.74) is 37.6. The summed E-state index contributed by atoms with van der Waals surface area (Å²) in [6.45, 7) is 0. The number of nitrogens with zero attached hydrogens (tertiary/aromatic N) is 3. The molecular formula is C135H91N3O2S. The summed E-state index contributed by atoms with van der Waals surface area (Å²) >= 11 is 1.87. The van der Waals surface area contributed by atoms with E-state index in [0.29, 0.717) is 0 Å². The van der Waals surface area contributed by atoms with E-state index in [-0.39, 0.29) is 0 Å². The van der Waals surface area contributed by atoms with Gasteiger partial charge in [0.05, 0.1) is 44.1 Å². The Morgan fingerprint density at radius 3 is 0.773 bits per heavy atom. The Hall–Kier alpha value is -17.9. The third-order valence-corrected chi connectivity index (χ3v) is 30.3. The van der Waals surface area contributed by atoms with Crippen LogP contribution in [-0.4, -0.2) is 0 Å². The van der Waals surface area contributed by atoms with Crippen LogP contribution < -0.4 is 14.7 Å². The van der Waals surface area contributed by atoms with Crippen LogP contribution in [0.25, 0.3) is 109 Å². The molecule has 0 saturated carbocycles. The molecule has 3 aromatic heterocycles. The summed E-state index contributed by atoms with van der Waals surface area (Å²) in [6, 6.07) is 200. The topological polar surface area (TPSA) is 36.0 Å². The Morgan fingerprint density at radius 1 is 0.163 bits per heavy atom. The Labute approximate surface area is 823 Å². The van der Waals surface area contributed by atoms with Crippen molar-refractivity contribution in [2.45, 2.75) is 16.2 Å². The molecule has 0 unspecified atom stereocenters. The van der Waals surface area contributed by atoms with Crippen molar-refractivity contribution in [3.63, 3.8) is 0 Å². The zero-order chi connectivity index (χ0) is 93.4. The summed E-state index contributed by atoms with van der Waals surface area (Å²) in [6.07, 6.45) is 0. The summed E-state index contributed by atoms with van der Waals surface area (Å²) < 4.78 is 15.8. The van der Waals surface area contributed by atoms with E-state index in [9.17, 15) is 0 Å². The second kappa shape index (κ2) is 35.0. The lowest BCUT2D eigenvalue weighted by Gasteiger charge is -2.34. The van der Waals surface area contributed by atoms with Crippen molar-refractivity contribution in [3.05, 3.63) is 619 Å². The smallest absolute Gasteiger partial charge is 0.137 e. The quantitative estimate of drug-likeness (QED) is 0.0963. The van der Waals surface area contributed by atoms with Gasteiger partial charge in [0.2, 0.25) is 0 Å². The monoisotopic (exact) mass is 1820 g/mol. The van der Waals surface area contributed by atoms with Gasteiger partial charge >= 0.3 is 0 Å². The first-order chi connectivity index (χ1) is 70.0. The van der Waals surface area contributed by atoms with Crippen LogP contribution >= 0.6 is 11.3 Å². The van der Waals surface area contributed by atoms with Crippen molar-refractivity contribution in [3.8, 4) is 44.5 Å². The predicted octanol–water partition coefficient (Wildman–Crippen LogP) is 36.4. The molecule has 3 heterocycles. The molecule has 0 radical (unpaired) electrons. The number of furan rings is 2. The van der Waals surface area contributed by atoms with Crippen molar-refractivity contribution < 1.29 is 8.83 Å². The average Bonchev–Trinajstić information content (AvgIpc) is 1.55. The number of benzene rings is 22. The van der Waals surface area contributed by atoms with Gasteiger partial charge in [0.1, 0.15) is 22.3 Å². The molecule has 141 heavy (non-hydrogen) atoms. The molecule has 3 aliphatic rings. The molecule has 3 aliphatic carbocycles. The minimum atomic E-state index is -0.496. The van der Waals surface area contributed by atoms with E-state index in [0.717, 1.165) is 89.4 Å². The van der Waals surface area contributed by atoms with Gasteiger partial charge < -0.3 is 23.5 Å². The third kappa shape index (κ3) is 13.6. The van der Waals surface area contributed by atoms with Crippen molar-refractivity contribution >= 4 is 127 Å². The SMILES string of the molecule is c1ccc(-c2cccc(N(c3ccccc3)c3cccc4oc5ccc(C6(c7ccccc7)c7ccccc7-c7ccccc76)cc5c34)c2)cc1.c1ccc(N(c2ccccc2)c2cccc3oc4ccc(C5(c6ccccc6)c6ccccc6-c6ccccc65)cc4c23)cc1.c1ccc(N(c2ccccc2)c2cccc3sc4ccc(C5(c6ccccc6)c6ccccc6-c6ccccc65)cc4c23)cc1. The van der Waals surface area contributed by atoms with Gasteiger partial charge in [-0.1, -0.05) is 406 Å². The number of rotatable bonds is 16. The molecule has 0 aliphatic heterocycles. The van der Waals surface area contributed by atoms with Crippen LogP contribution in [0.5, 0.6) is 0 Å². The summed E-state index contributed by atoms with van der Waals surface area (Å²) in [5.74, 6) is 0. The minimum absolute atomic E-state index is 0.426. The van der Waals surface area contributed by atoms with Crippen molar-refractivity contribution in [1.29, 1.82) is 0 Å². The third-order valence-electron chi connectivity index (χ3n) is 29.2. The Bertz CT molecular complexity index is 8450. The molecule has 0 bridgehead atoms. The van der Waals surface area contributed by atoms with Crippen molar-refractivity contribution in [2.24, 2.45) is 0 Å². The highest BCUT2D eigenvalue weighted by Crippen LogP contribution is 2.62. The largest absolute Gasteiger partial charge is 0.456 e. The van der Waals surface area contributed by atoms with Gasteiger partial charge in [0.25, 0.3) is 0 Å². The fraction of sp³-hybridized carbons (Fsp3) is 0.0222. The predicted molar refractivity (Wildman–Crippen MR) is 588 cm³/mol. The minimum Gasteiger partial charge on any atom is -0.456 e. The highest BCUT2D eigenvalue weighted by atomic mass is 32.1. The van der Waals surface area contributed by atoms with Gasteiger partial charge in [0, 0.05) is 65.1 Å². The van der Waals surface area contributed by atoms with E-state index in [1.165, 1.54) is 137 Å². The van der Waals surface area contributed by atoms with Crippen LogP contribution in [0.2, 0.25) is 0 Å². The molecule has 0 spiro atoms. The molecule has 0 saturated heterocycles. The number of fused-ring (bicyclic) bond motifs is 18. The molecule has 0 amide bonds. The number of para-hydroxylation sites is 5. The first-order valence-corrected chi connectivity index (χ1v) is 49.2. The van der Waals surface area contributed by atoms with Gasteiger partial charge in [-0.05, 0) is 257 Å². The molecule has 28 rings (SSSR count). The lowest BCUT2D eigenvalue weighted by molar-refractivity contribution is 0.667. The van der Waals surface area contributed by atoms with Crippen LogP contribution in [0.1, 0.15) is 66.8 Å². The second-order valence-corrected chi connectivity index (χ2v) is 37.7. The van der Waals surface area contributed by atoms with Crippen molar-refractivity contribution in [2.75, 3.05) is 14.7 Å². The first-order valence-electron chi connectivity index (χ1n) is 48.4. The Morgan fingerprint density at radius 2 is 0.426 bits per heavy atom. The first kappa shape index (κ1) is 83.6. The van der Waals surface area contributed by atoms with Crippen molar-refractivity contribution in [1.82, 2.24) is 0 Å². The second-order valence-electron chi connectivity index (χ2n) is 36.6. The maximum absolute atomic E-state index is 6.68.